The van der Waals surface area contributed by atoms with E-state index in [4.69, 9.17) is 9.97 Å². The lowest BCUT2D eigenvalue weighted by atomic mass is 9.98. The van der Waals surface area contributed by atoms with Crippen molar-refractivity contribution in [2.75, 3.05) is 0 Å². The van der Waals surface area contributed by atoms with Gasteiger partial charge < -0.3 is 0 Å². The van der Waals surface area contributed by atoms with Gasteiger partial charge in [0.15, 0.2) is 5.82 Å². The summed E-state index contributed by atoms with van der Waals surface area (Å²) >= 11 is 0. The normalized spacial score (nSPS) is 10.9. The van der Waals surface area contributed by atoms with Crippen molar-refractivity contribution >= 4 is 0 Å². The summed E-state index contributed by atoms with van der Waals surface area (Å²) < 4.78 is 0. The summed E-state index contributed by atoms with van der Waals surface area (Å²) in [6, 6.07) is 34.4. The van der Waals surface area contributed by atoms with Crippen LogP contribution in [0.15, 0.2) is 97.1 Å². The first-order valence-electron chi connectivity index (χ1n) is 11.7. The van der Waals surface area contributed by atoms with Gasteiger partial charge in [0.05, 0.1) is 11.4 Å². The molecule has 0 atom stereocenters. The lowest BCUT2D eigenvalue weighted by Gasteiger charge is -2.12. The molecule has 0 unspecified atom stereocenters. The molecule has 0 radical (unpaired) electrons. The van der Waals surface area contributed by atoms with Crippen LogP contribution in [0.25, 0.3) is 45.0 Å². The van der Waals surface area contributed by atoms with Crippen LogP contribution in [0.1, 0.15) is 22.3 Å². The number of aromatic nitrogens is 2. The van der Waals surface area contributed by atoms with Gasteiger partial charge in [-0.2, -0.15) is 0 Å². The van der Waals surface area contributed by atoms with Crippen LogP contribution in [-0.2, 0) is 0 Å². The van der Waals surface area contributed by atoms with Gasteiger partial charge in [-0.05, 0) is 62.6 Å². The highest BCUT2D eigenvalue weighted by atomic mass is 14.9. The maximum Gasteiger partial charge on any atom is 0.160 e. The lowest BCUT2D eigenvalue weighted by Crippen LogP contribution is -1.97. The Morgan fingerprint density at radius 1 is 0.353 bits per heavy atom. The molecule has 0 spiro atoms. The molecule has 0 aliphatic heterocycles. The third kappa shape index (κ3) is 4.67. The standard InChI is InChI=1S/C32H28N2/c1-21-5-11-25(12-6-21)28-17-24(4)18-29(19-28)32-33-30(26-13-7-22(2)8-14-26)20-31(34-32)27-15-9-23(3)10-16-27/h5-20H,1-4H3. The fourth-order valence-electron chi connectivity index (χ4n) is 4.15. The van der Waals surface area contributed by atoms with E-state index in [1.54, 1.807) is 0 Å². The SMILES string of the molecule is Cc1ccc(-c2cc(C)cc(-c3nc(-c4ccc(C)cc4)cc(-c4ccc(C)cc4)n3)c2)cc1. The van der Waals surface area contributed by atoms with Gasteiger partial charge in [-0.3, -0.25) is 0 Å². The van der Waals surface area contributed by atoms with E-state index in [0.29, 0.717) is 0 Å². The van der Waals surface area contributed by atoms with Gasteiger partial charge in [0.25, 0.3) is 0 Å². The second-order valence-electron chi connectivity index (χ2n) is 9.15. The molecule has 0 N–H and O–H groups in total. The fraction of sp³-hybridized carbons (Fsp3) is 0.125. The number of hydrogen-bond acceptors (Lipinski definition) is 2. The van der Waals surface area contributed by atoms with Crippen LogP contribution >= 0.6 is 0 Å². The molecule has 166 valence electrons. The summed E-state index contributed by atoms with van der Waals surface area (Å²) in [6.45, 7) is 8.45. The highest BCUT2D eigenvalue weighted by Crippen LogP contribution is 2.31. The zero-order valence-corrected chi connectivity index (χ0v) is 20.1. The average molecular weight is 441 g/mol. The summed E-state index contributed by atoms with van der Waals surface area (Å²) in [5.41, 5.74) is 12.4. The second kappa shape index (κ2) is 9.07. The Morgan fingerprint density at radius 3 is 1.24 bits per heavy atom. The molecule has 1 heterocycles. The van der Waals surface area contributed by atoms with Gasteiger partial charge in [-0.25, -0.2) is 9.97 Å². The molecule has 5 aromatic rings. The lowest BCUT2D eigenvalue weighted by molar-refractivity contribution is 1.18. The van der Waals surface area contributed by atoms with Crippen LogP contribution in [0.2, 0.25) is 0 Å². The molecular weight excluding hydrogens is 412 g/mol. The van der Waals surface area contributed by atoms with Crippen LogP contribution in [0.3, 0.4) is 0 Å². The van der Waals surface area contributed by atoms with Gasteiger partial charge in [-0.1, -0.05) is 95.6 Å². The van der Waals surface area contributed by atoms with E-state index in [-0.39, 0.29) is 0 Å². The smallest absolute Gasteiger partial charge is 0.160 e. The monoisotopic (exact) mass is 440 g/mol. The molecular formula is C32H28N2. The number of hydrogen-bond donors (Lipinski definition) is 0. The number of benzene rings is 4. The summed E-state index contributed by atoms with van der Waals surface area (Å²) in [6.07, 6.45) is 0. The third-order valence-electron chi connectivity index (χ3n) is 6.14. The first kappa shape index (κ1) is 21.8. The van der Waals surface area contributed by atoms with Crippen molar-refractivity contribution in [2.45, 2.75) is 27.7 Å². The number of aryl methyl sites for hydroxylation is 4. The van der Waals surface area contributed by atoms with Crippen molar-refractivity contribution in [3.8, 4) is 45.0 Å². The Hall–Kier alpha value is -4.04. The van der Waals surface area contributed by atoms with Crippen LogP contribution < -0.4 is 0 Å². The Morgan fingerprint density at radius 2 is 0.765 bits per heavy atom. The quantitative estimate of drug-likeness (QED) is 0.280. The average Bonchev–Trinajstić information content (AvgIpc) is 2.85. The van der Waals surface area contributed by atoms with E-state index >= 15 is 0 Å². The van der Waals surface area contributed by atoms with Gasteiger partial charge in [-0.15, -0.1) is 0 Å². The molecule has 0 fully saturated rings. The molecule has 34 heavy (non-hydrogen) atoms. The maximum atomic E-state index is 5.03. The zero-order valence-electron chi connectivity index (χ0n) is 20.1. The van der Waals surface area contributed by atoms with E-state index in [2.05, 4.69) is 125 Å². The Bertz CT molecular complexity index is 1380. The van der Waals surface area contributed by atoms with Crippen LogP contribution in [-0.4, -0.2) is 9.97 Å². The predicted molar refractivity (Wildman–Crippen MR) is 143 cm³/mol. The molecule has 2 nitrogen and oxygen atoms in total. The van der Waals surface area contributed by atoms with Gasteiger partial charge >= 0.3 is 0 Å². The summed E-state index contributed by atoms with van der Waals surface area (Å²) in [4.78, 5) is 10.1. The largest absolute Gasteiger partial charge is 0.228 e. The minimum absolute atomic E-state index is 0.741. The van der Waals surface area contributed by atoms with Crippen molar-refractivity contribution in [1.82, 2.24) is 9.97 Å². The van der Waals surface area contributed by atoms with Crippen molar-refractivity contribution in [3.05, 3.63) is 119 Å². The van der Waals surface area contributed by atoms with Crippen LogP contribution in [0.5, 0.6) is 0 Å². The Balaban J connectivity index is 1.68. The molecule has 0 aliphatic carbocycles. The number of nitrogens with zero attached hydrogens (tertiary/aromatic N) is 2. The Kier molecular flexibility index (Phi) is 5.81. The second-order valence-corrected chi connectivity index (χ2v) is 9.15. The molecule has 1 aromatic heterocycles. The molecule has 0 aliphatic rings. The zero-order chi connectivity index (χ0) is 23.7. The molecule has 5 rings (SSSR count). The Labute approximate surface area is 202 Å². The minimum Gasteiger partial charge on any atom is -0.228 e. The first-order valence-corrected chi connectivity index (χ1v) is 11.7. The molecule has 2 heteroatoms. The highest BCUT2D eigenvalue weighted by Gasteiger charge is 2.12. The van der Waals surface area contributed by atoms with Crippen molar-refractivity contribution < 1.29 is 0 Å². The van der Waals surface area contributed by atoms with E-state index in [1.165, 1.54) is 33.4 Å². The van der Waals surface area contributed by atoms with Crippen molar-refractivity contribution in [3.63, 3.8) is 0 Å². The number of rotatable bonds is 4. The molecule has 0 saturated heterocycles. The molecule has 0 amide bonds. The molecule has 0 saturated carbocycles. The summed E-state index contributed by atoms with van der Waals surface area (Å²) in [5.74, 6) is 0.741. The fourth-order valence-corrected chi connectivity index (χ4v) is 4.15. The van der Waals surface area contributed by atoms with E-state index < -0.39 is 0 Å². The molecule has 0 bridgehead atoms. The molecule has 4 aromatic carbocycles. The highest BCUT2D eigenvalue weighted by molar-refractivity contribution is 5.75. The van der Waals surface area contributed by atoms with E-state index in [9.17, 15) is 0 Å². The summed E-state index contributed by atoms with van der Waals surface area (Å²) in [7, 11) is 0. The van der Waals surface area contributed by atoms with Gasteiger partial charge in [0.2, 0.25) is 0 Å². The van der Waals surface area contributed by atoms with Crippen molar-refractivity contribution in [1.29, 1.82) is 0 Å². The topological polar surface area (TPSA) is 25.8 Å². The van der Waals surface area contributed by atoms with Crippen LogP contribution in [0.4, 0.5) is 0 Å². The van der Waals surface area contributed by atoms with Crippen molar-refractivity contribution in [2.24, 2.45) is 0 Å². The minimum atomic E-state index is 0.741. The first-order chi connectivity index (χ1) is 16.4. The summed E-state index contributed by atoms with van der Waals surface area (Å²) in [5, 5.41) is 0. The third-order valence-corrected chi connectivity index (χ3v) is 6.14. The van der Waals surface area contributed by atoms with E-state index in [0.717, 1.165) is 33.9 Å². The van der Waals surface area contributed by atoms with Gasteiger partial charge in [0.1, 0.15) is 0 Å². The van der Waals surface area contributed by atoms with Crippen LogP contribution in [0, 0.1) is 27.7 Å². The maximum absolute atomic E-state index is 5.03. The predicted octanol–water partition coefficient (Wildman–Crippen LogP) is 8.38. The van der Waals surface area contributed by atoms with Gasteiger partial charge in [0, 0.05) is 16.7 Å². The van der Waals surface area contributed by atoms with E-state index in [1.807, 2.05) is 0 Å².